The molecule has 0 aromatic heterocycles. The van der Waals surface area contributed by atoms with Crippen LogP contribution in [0.5, 0.6) is 17.2 Å². The maximum Gasteiger partial charge on any atom is 0.267 e. The fourth-order valence-electron chi connectivity index (χ4n) is 3.39. The van der Waals surface area contributed by atoms with E-state index in [2.05, 4.69) is 19.9 Å². The molecule has 3 heteroatoms. The van der Waals surface area contributed by atoms with Crippen molar-refractivity contribution in [3.63, 3.8) is 0 Å². The highest BCUT2D eigenvalue weighted by atomic mass is 16.7. The Morgan fingerprint density at radius 2 is 1.19 bits per heavy atom. The minimum atomic E-state index is -0.553. The summed E-state index contributed by atoms with van der Waals surface area (Å²) in [5, 5.41) is 0. The molecule has 0 saturated heterocycles. The first-order chi connectivity index (χ1) is 15.1. The minimum Gasteiger partial charge on any atom is -0.496 e. The smallest absolute Gasteiger partial charge is 0.267 e. The molecule has 0 heterocycles. The third kappa shape index (κ3) is 5.07. The van der Waals surface area contributed by atoms with Crippen molar-refractivity contribution in [2.24, 2.45) is 0 Å². The van der Waals surface area contributed by atoms with Gasteiger partial charge in [0, 0.05) is 11.1 Å². The summed E-state index contributed by atoms with van der Waals surface area (Å²) in [5.74, 6) is 2.35. The summed E-state index contributed by atoms with van der Waals surface area (Å²) in [7, 11) is 1.69. The molecule has 4 aromatic carbocycles. The van der Waals surface area contributed by atoms with Gasteiger partial charge in [-0.3, -0.25) is 0 Å². The van der Waals surface area contributed by atoms with Crippen molar-refractivity contribution in [1.82, 2.24) is 0 Å². The largest absolute Gasteiger partial charge is 0.496 e. The minimum absolute atomic E-state index is 0.553. The number of methoxy groups -OCH3 is 1. The molecule has 3 nitrogen and oxygen atoms in total. The monoisotopic (exact) mass is 410 g/mol. The lowest BCUT2D eigenvalue weighted by Crippen LogP contribution is -2.15. The summed E-state index contributed by atoms with van der Waals surface area (Å²) in [5.41, 5.74) is 5.46. The zero-order valence-corrected chi connectivity index (χ0v) is 18.0. The Bertz CT molecular complexity index is 1120. The van der Waals surface area contributed by atoms with Crippen molar-refractivity contribution in [2.75, 3.05) is 7.11 Å². The van der Waals surface area contributed by atoms with E-state index in [1.807, 2.05) is 91.0 Å². The Morgan fingerprint density at radius 3 is 1.81 bits per heavy atom. The molecule has 0 aliphatic rings. The molecule has 0 spiro atoms. The van der Waals surface area contributed by atoms with Gasteiger partial charge in [0.2, 0.25) is 0 Å². The Balaban J connectivity index is 1.58. The average Bonchev–Trinajstić information content (AvgIpc) is 2.81. The van der Waals surface area contributed by atoms with E-state index in [4.69, 9.17) is 14.2 Å². The van der Waals surface area contributed by atoms with Crippen LogP contribution in [0.4, 0.5) is 0 Å². The van der Waals surface area contributed by atoms with Gasteiger partial charge in [-0.25, -0.2) is 0 Å². The molecule has 156 valence electrons. The van der Waals surface area contributed by atoms with E-state index >= 15 is 0 Å². The highest BCUT2D eigenvalue weighted by Gasteiger charge is 2.16. The Morgan fingerprint density at radius 1 is 0.613 bits per heavy atom. The molecule has 1 atom stereocenters. The van der Waals surface area contributed by atoms with E-state index in [0.717, 1.165) is 33.9 Å². The summed E-state index contributed by atoms with van der Waals surface area (Å²) in [6.07, 6.45) is -0.553. The van der Waals surface area contributed by atoms with Gasteiger partial charge in [-0.05, 0) is 55.8 Å². The number of aryl methyl sites for hydroxylation is 2. The number of benzene rings is 4. The second-order valence-electron chi connectivity index (χ2n) is 7.52. The second-order valence-corrected chi connectivity index (χ2v) is 7.52. The van der Waals surface area contributed by atoms with E-state index < -0.39 is 6.29 Å². The molecular weight excluding hydrogens is 384 g/mol. The van der Waals surface area contributed by atoms with Crippen LogP contribution in [0.3, 0.4) is 0 Å². The van der Waals surface area contributed by atoms with Gasteiger partial charge in [0.15, 0.2) is 0 Å². The number of hydrogen-bond donors (Lipinski definition) is 0. The maximum atomic E-state index is 6.25. The van der Waals surface area contributed by atoms with Gasteiger partial charge in [0.25, 0.3) is 6.29 Å². The predicted octanol–water partition coefficient (Wildman–Crippen LogP) is 7.14. The molecule has 4 rings (SSSR count). The van der Waals surface area contributed by atoms with Crippen molar-refractivity contribution in [1.29, 1.82) is 0 Å². The third-order valence-electron chi connectivity index (χ3n) is 5.10. The summed E-state index contributed by atoms with van der Waals surface area (Å²) in [6.45, 7) is 4.13. The van der Waals surface area contributed by atoms with Gasteiger partial charge < -0.3 is 14.2 Å². The number of rotatable bonds is 7. The summed E-state index contributed by atoms with van der Waals surface area (Å²) >= 11 is 0. The maximum absolute atomic E-state index is 6.25. The third-order valence-corrected chi connectivity index (χ3v) is 5.10. The lowest BCUT2D eigenvalue weighted by Gasteiger charge is -2.21. The van der Waals surface area contributed by atoms with Crippen LogP contribution >= 0.6 is 0 Å². The molecule has 0 radical (unpaired) electrons. The van der Waals surface area contributed by atoms with Gasteiger partial charge in [0.05, 0.1) is 7.11 Å². The van der Waals surface area contributed by atoms with Crippen molar-refractivity contribution in [2.45, 2.75) is 20.1 Å². The van der Waals surface area contributed by atoms with Gasteiger partial charge in [0.1, 0.15) is 17.2 Å². The van der Waals surface area contributed by atoms with Gasteiger partial charge >= 0.3 is 0 Å². The fraction of sp³-hybridized carbons (Fsp3) is 0.143. The average molecular weight is 411 g/mol. The Hall–Kier alpha value is -3.72. The molecule has 0 aliphatic carbocycles. The van der Waals surface area contributed by atoms with Crippen LogP contribution in [0.1, 0.15) is 23.0 Å². The van der Waals surface area contributed by atoms with Crippen molar-refractivity contribution >= 4 is 0 Å². The van der Waals surface area contributed by atoms with Gasteiger partial charge in [-0.2, -0.15) is 0 Å². The molecule has 0 saturated carbocycles. The summed E-state index contributed by atoms with van der Waals surface area (Å²) < 4.78 is 18.0. The van der Waals surface area contributed by atoms with Crippen molar-refractivity contribution in [3.05, 3.63) is 114 Å². The lowest BCUT2D eigenvalue weighted by molar-refractivity contribution is 0.00381. The molecular formula is C28H26O3. The molecule has 0 N–H and O–H groups in total. The highest BCUT2D eigenvalue weighted by molar-refractivity contribution is 5.71. The first kappa shape index (κ1) is 20.5. The zero-order chi connectivity index (χ0) is 21.6. The first-order valence-corrected chi connectivity index (χ1v) is 10.3. The molecule has 0 aliphatic heterocycles. The fourth-order valence-corrected chi connectivity index (χ4v) is 3.39. The molecule has 1 unspecified atom stereocenters. The Labute approximate surface area is 183 Å². The van der Waals surface area contributed by atoms with Crippen LogP contribution in [0.2, 0.25) is 0 Å². The number of ether oxygens (including phenoxy) is 3. The SMILES string of the molecule is COc1ccc(C)cc1-c1ccc(OC(Oc2ccc(C)cc2)c2ccccc2)cc1. The lowest BCUT2D eigenvalue weighted by atomic mass is 10.0. The van der Waals surface area contributed by atoms with Crippen LogP contribution < -0.4 is 14.2 Å². The van der Waals surface area contributed by atoms with Crippen LogP contribution in [-0.2, 0) is 0 Å². The topological polar surface area (TPSA) is 27.7 Å². The first-order valence-electron chi connectivity index (χ1n) is 10.3. The molecule has 31 heavy (non-hydrogen) atoms. The van der Waals surface area contributed by atoms with Crippen molar-refractivity contribution in [3.8, 4) is 28.4 Å². The molecule has 4 aromatic rings. The standard InChI is InChI=1S/C28H26O3/c1-20-9-14-24(15-10-20)30-28(23-7-5-4-6-8-23)31-25-16-12-22(13-17-25)26-19-21(2)11-18-27(26)29-3/h4-19,28H,1-3H3. The van der Waals surface area contributed by atoms with E-state index in [-0.39, 0.29) is 0 Å². The van der Waals surface area contributed by atoms with Crippen LogP contribution in [0.25, 0.3) is 11.1 Å². The highest BCUT2D eigenvalue weighted by Crippen LogP contribution is 2.33. The predicted molar refractivity (Wildman–Crippen MR) is 125 cm³/mol. The normalized spacial score (nSPS) is 11.6. The molecule has 0 amide bonds. The summed E-state index contributed by atoms with van der Waals surface area (Å²) in [4.78, 5) is 0. The van der Waals surface area contributed by atoms with E-state index in [1.54, 1.807) is 7.11 Å². The summed E-state index contributed by atoms with van der Waals surface area (Å²) in [6, 6.07) is 32.1. The van der Waals surface area contributed by atoms with Crippen LogP contribution in [-0.4, -0.2) is 7.11 Å². The van der Waals surface area contributed by atoms with Crippen LogP contribution in [0.15, 0.2) is 97.1 Å². The number of hydrogen-bond acceptors (Lipinski definition) is 3. The van der Waals surface area contributed by atoms with Gasteiger partial charge in [-0.1, -0.05) is 71.8 Å². The van der Waals surface area contributed by atoms with E-state index in [9.17, 15) is 0 Å². The second kappa shape index (κ2) is 9.40. The van der Waals surface area contributed by atoms with E-state index in [1.165, 1.54) is 11.1 Å². The molecule has 0 fully saturated rings. The quantitative estimate of drug-likeness (QED) is 0.303. The van der Waals surface area contributed by atoms with Crippen molar-refractivity contribution < 1.29 is 14.2 Å². The van der Waals surface area contributed by atoms with Gasteiger partial charge in [-0.15, -0.1) is 0 Å². The molecule has 0 bridgehead atoms. The van der Waals surface area contributed by atoms with E-state index in [0.29, 0.717) is 0 Å². The zero-order valence-electron chi connectivity index (χ0n) is 18.0. The van der Waals surface area contributed by atoms with Crippen LogP contribution in [0, 0.1) is 13.8 Å². The Kier molecular flexibility index (Phi) is 6.23.